The molecule has 0 bridgehead atoms. The summed E-state index contributed by atoms with van der Waals surface area (Å²) >= 11 is 0. The second-order valence-corrected chi connectivity index (χ2v) is 6.28. The summed E-state index contributed by atoms with van der Waals surface area (Å²) in [6, 6.07) is 22.3. The lowest BCUT2D eigenvalue weighted by Crippen LogP contribution is -2.19. The number of nitrogens with one attached hydrogen (secondary N) is 1. The number of nitrogens with zero attached hydrogens (tertiary/aromatic N) is 2. The average Bonchev–Trinajstić information content (AvgIpc) is 3.02. The summed E-state index contributed by atoms with van der Waals surface area (Å²) in [6.45, 7) is 0.561. The van der Waals surface area contributed by atoms with E-state index in [4.69, 9.17) is 0 Å². The van der Waals surface area contributed by atoms with Crippen LogP contribution < -0.4 is 5.43 Å². The minimum atomic E-state index is -0.303. The summed E-state index contributed by atoms with van der Waals surface area (Å²) in [5.74, 6) is -0.474. The molecule has 0 unspecified atom stereocenters. The lowest BCUT2D eigenvalue weighted by molar-refractivity contribution is -0.121. The van der Waals surface area contributed by atoms with Crippen molar-refractivity contribution >= 4 is 33.9 Å². The van der Waals surface area contributed by atoms with Crippen LogP contribution in [-0.4, -0.2) is 16.7 Å². The second kappa shape index (κ2) is 7.41. The van der Waals surface area contributed by atoms with E-state index < -0.39 is 0 Å². The Labute approximate surface area is 155 Å². The molecule has 0 spiro atoms. The number of hydrazone groups is 1. The summed E-state index contributed by atoms with van der Waals surface area (Å²) in [5.41, 5.74) is 5.47. The number of aryl methyl sites for hydroxylation is 1. The van der Waals surface area contributed by atoms with Crippen molar-refractivity contribution in [1.29, 1.82) is 0 Å². The van der Waals surface area contributed by atoms with Crippen molar-refractivity contribution in [1.82, 2.24) is 9.99 Å². The van der Waals surface area contributed by atoms with E-state index in [1.54, 1.807) is 12.1 Å². The standard InChI is InChI=1S/C22H18FN3O/c23-17-11-9-16(10-12-17)15-24-25-22(27)13-14-26-20-7-3-1-5-18(20)19-6-2-4-8-21(19)26/h1-12,15H,13-14H2,(H,25,27)/b24-15+. The fourth-order valence-corrected chi connectivity index (χ4v) is 3.24. The Bertz CT molecular complexity index is 1080. The van der Waals surface area contributed by atoms with Crippen LogP contribution in [0.15, 0.2) is 77.9 Å². The third-order valence-electron chi connectivity index (χ3n) is 4.52. The average molecular weight is 359 g/mol. The van der Waals surface area contributed by atoms with E-state index >= 15 is 0 Å². The zero-order valence-electron chi connectivity index (χ0n) is 14.6. The van der Waals surface area contributed by atoms with Crippen molar-refractivity contribution < 1.29 is 9.18 Å². The Balaban J connectivity index is 1.46. The number of carbonyl (C=O) groups is 1. The molecule has 0 aliphatic rings. The van der Waals surface area contributed by atoms with Crippen molar-refractivity contribution in [2.24, 2.45) is 5.10 Å². The molecule has 4 nitrogen and oxygen atoms in total. The number of hydrogen-bond donors (Lipinski definition) is 1. The summed E-state index contributed by atoms with van der Waals surface area (Å²) in [4.78, 5) is 12.2. The molecular formula is C22H18FN3O. The van der Waals surface area contributed by atoms with Gasteiger partial charge < -0.3 is 4.57 Å². The van der Waals surface area contributed by atoms with Gasteiger partial charge in [-0.2, -0.15) is 5.10 Å². The molecule has 1 aromatic heterocycles. The van der Waals surface area contributed by atoms with Gasteiger partial charge in [0.25, 0.3) is 0 Å². The van der Waals surface area contributed by atoms with Crippen LogP contribution in [0.1, 0.15) is 12.0 Å². The first kappa shape index (κ1) is 17.0. The number of halogens is 1. The first-order valence-electron chi connectivity index (χ1n) is 8.76. The fraction of sp³-hybridized carbons (Fsp3) is 0.0909. The number of rotatable bonds is 5. The van der Waals surface area contributed by atoms with Crippen LogP contribution >= 0.6 is 0 Å². The predicted molar refractivity (Wildman–Crippen MR) is 106 cm³/mol. The van der Waals surface area contributed by atoms with E-state index in [0.717, 1.165) is 16.6 Å². The van der Waals surface area contributed by atoms with E-state index in [9.17, 15) is 9.18 Å². The maximum Gasteiger partial charge on any atom is 0.241 e. The fourth-order valence-electron chi connectivity index (χ4n) is 3.24. The number of fused-ring (bicyclic) bond motifs is 3. The van der Waals surface area contributed by atoms with Crippen LogP contribution in [-0.2, 0) is 11.3 Å². The van der Waals surface area contributed by atoms with Crippen molar-refractivity contribution in [2.45, 2.75) is 13.0 Å². The molecule has 27 heavy (non-hydrogen) atoms. The van der Waals surface area contributed by atoms with Gasteiger partial charge in [-0.05, 0) is 29.8 Å². The van der Waals surface area contributed by atoms with Gasteiger partial charge in [-0.3, -0.25) is 4.79 Å². The van der Waals surface area contributed by atoms with Crippen molar-refractivity contribution in [3.8, 4) is 0 Å². The molecule has 0 atom stereocenters. The quantitative estimate of drug-likeness (QED) is 0.415. The zero-order chi connectivity index (χ0) is 18.6. The molecule has 4 rings (SSSR count). The van der Waals surface area contributed by atoms with Crippen molar-refractivity contribution in [2.75, 3.05) is 0 Å². The van der Waals surface area contributed by atoms with Crippen molar-refractivity contribution in [3.63, 3.8) is 0 Å². The van der Waals surface area contributed by atoms with E-state index in [1.165, 1.54) is 29.1 Å². The minimum Gasteiger partial charge on any atom is -0.340 e. The number of para-hydroxylation sites is 2. The molecule has 0 aliphatic heterocycles. The Morgan fingerprint density at radius 2 is 1.52 bits per heavy atom. The highest BCUT2D eigenvalue weighted by Crippen LogP contribution is 2.28. The molecule has 4 aromatic rings. The molecule has 5 heteroatoms. The highest BCUT2D eigenvalue weighted by molar-refractivity contribution is 6.08. The summed E-state index contributed by atoms with van der Waals surface area (Å²) in [6.07, 6.45) is 1.81. The van der Waals surface area contributed by atoms with Gasteiger partial charge in [-0.15, -0.1) is 0 Å². The number of benzene rings is 3. The summed E-state index contributed by atoms with van der Waals surface area (Å²) in [5, 5.41) is 6.31. The molecule has 134 valence electrons. The minimum absolute atomic E-state index is 0.171. The monoisotopic (exact) mass is 359 g/mol. The Kier molecular flexibility index (Phi) is 4.66. The van der Waals surface area contributed by atoms with Gasteiger partial charge in [0.15, 0.2) is 0 Å². The molecule has 0 aliphatic carbocycles. The van der Waals surface area contributed by atoms with E-state index in [1.807, 2.05) is 24.3 Å². The van der Waals surface area contributed by atoms with E-state index in [2.05, 4.69) is 39.4 Å². The van der Waals surface area contributed by atoms with E-state index in [0.29, 0.717) is 13.0 Å². The maximum absolute atomic E-state index is 12.9. The number of amides is 1. The normalized spacial score (nSPS) is 11.4. The zero-order valence-corrected chi connectivity index (χ0v) is 14.6. The Hall–Kier alpha value is -3.47. The highest BCUT2D eigenvalue weighted by atomic mass is 19.1. The smallest absolute Gasteiger partial charge is 0.241 e. The first-order chi connectivity index (χ1) is 13.2. The second-order valence-electron chi connectivity index (χ2n) is 6.28. The van der Waals surface area contributed by atoms with E-state index in [-0.39, 0.29) is 11.7 Å². The molecule has 0 saturated heterocycles. The maximum atomic E-state index is 12.9. The van der Waals surface area contributed by atoms with Gasteiger partial charge in [0.1, 0.15) is 5.82 Å². The lowest BCUT2D eigenvalue weighted by Gasteiger charge is -2.06. The predicted octanol–water partition coefficient (Wildman–Crippen LogP) is 4.47. The number of carbonyl (C=O) groups excluding carboxylic acids is 1. The van der Waals surface area contributed by atoms with Crippen LogP contribution in [0.3, 0.4) is 0 Å². The summed E-state index contributed by atoms with van der Waals surface area (Å²) < 4.78 is 15.0. The molecule has 1 N–H and O–H groups in total. The van der Waals surface area contributed by atoms with Crippen LogP contribution in [0.5, 0.6) is 0 Å². The molecule has 0 saturated carbocycles. The van der Waals surface area contributed by atoms with Gasteiger partial charge in [0, 0.05) is 34.8 Å². The molecule has 1 heterocycles. The largest absolute Gasteiger partial charge is 0.340 e. The Morgan fingerprint density at radius 3 is 2.15 bits per heavy atom. The van der Waals surface area contributed by atoms with Gasteiger partial charge in [-0.25, -0.2) is 9.82 Å². The SMILES string of the molecule is O=C(CCn1c2ccccc2c2ccccc21)N/N=C/c1ccc(F)cc1. The van der Waals surface area contributed by atoms with Gasteiger partial charge in [0.05, 0.1) is 6.21 Å². The van der Waals surface area contributed by atoms with Crippen LogP contribution in [0.4, 0.5) is 4.39 Å². The number of hydrogen-bond acceptors (Lipinski definition) is 2. The molecule has 1 amide bonds. The third-order valence-corrected chi connectivity index (χ3v) is 4.52. The van der Waals surface area contributed by atoms with Gasteiger partial charge >= 0.3 is 0 Å². The van der Waals surface area contributed by atoms with Crippen LogP contribution in [0.25, 0.3) is 21.8 Å². The third kappa shape index (κ3) is 3.58. The van der Waals surface area contributed by atoms with Crippen LogP contribution in [0, 0.1) is 5.82 Å². The molecule has 3 aromatic carbocycles. The molecule has 0 fully saturated rings. The molecular weight excluding hydrogens is 341 g/mol. The topological polar surface area (TPSA) is 46.4 Å². The van der Waals surface area contributed by atoms with Crippen molar-refractivity contribution in [3.05, 3.63) is 84.2 Å². The highest BCUT2D eigenvalue weighted by Gasteiger charge is 2.10. The first-order valence-corrected chi connectivity index (χ1v) is 8.76. The van der Waals surface area contributed by atoms with Gasteiger partial charge in [0.2, 0.25) is 5.91 Å². The van der Waals surface area contributed by atoms with Gasteiger partial charge in [-0.1, -0.05) is 48.5 Å². The number of aromatic nitrogens is 1. The van der Waals surface area contributed by atoms with Crippen LogP contribution in [0.2, 0.25) is 0 Å². The summed E-state index contributed by atoms with van der Waals surface area (Å²) in [7, 11) is 0. The lowest BCUT2D eigenvalue weighted by atomic mass is 10.2. The molecule has 0 radical (unpaired) electrons. The Morgan fingerprint density at radius 1 is 0.926 bits per heavy atom.